The Hall–Kier alpha value is -7.74. The van der Waals surface area contributed by atoms with E-state index in [0.717, 1.165) is 50.2 Å². The van der Waals surface area contributed by atoms with E-state index in [1.54, 1.807) is 0 Å². The molecule has 12 rings (SSSR count). The second-order valence-electron chi connectivity index (χ2n) is 18.7. The van der Waals surface area contributed by atoms with Crippen LogP contribution in [-0.4, -0.2) is 4.98 Å². The topological polar surface area (TPSA) is 12.9 Å². The molecule has 0 aliphatic heterocycles. The number of aryl methyl sites for hydroxylation is 4. The molecule has 1 nitrogen and oxygen atoms in total. The SMILES string of the molecule is Cc1ccc(-c2cc(-c3ccc(C)cc3)cc(-c3cc(-c4cc[c-]c(-c5cc6c7c(cccc7n5)-c5ccccc5-6)c4)cc(-c4cc(-c5ccc(C)cc5)cc(-c5ccc(C)cc5)c4)c3)c2)cc1.[Ir]. The maximum Gasteiger partial charge on any atom is 0.0607 e. The Balaban J connectivity index is 0.00000520. The third kappa shape index (κ3) is 8.48. The number of fused-ring (bicyclic) bond motifs is 3. The van der Waals surface area contributed by atoms with Gasteiger partial charge in [-0.3, -0.25) is 4.98 Å². The molecule has 0 saturated heterocycles. The molecule has 0 N–H and O–H groups in total. The average Bonchev–Trinajstić information content (AvgIpc) is 3.71. The predicted octanol–water partition coefficient (Wildman–Crippen LogP) is 18.2. The van der Waals surface area contributed by atoms with Gasteiger partial charge >= 0.3 is 0 Å². The fourth-order valence-electron chi connectivity index (χ4n) is 9.98. The first-order valence-electron chi connectivity index (χ1n) is 23.6. The summed E-state index contributed by atoms with van der Waals surface area (Å²) in [6.45, 7) is 8.59. The van der Waals surface area contributed by atoms with E-state index in [4.69, 9.17) is 4.98 Å². The van der Waals surface area contributed by atoms with Crippen molar-refractivity contribution in [3.8, 4) is 111 Å². The largest absolute Gasteiger partial charge is 0.296 e. The van der Waals surface area contributed by atoms with E-state index in [-0.39, 0.29) is 20.1 Å². The maximum atomic E-state index is 5.30. The number of aromatic nitrogens is 1. The Bertz CT molecular complexity index is 3450. The number of nitrogens with zero attached hydrogens (tertiary/aromatic N) is 1. The van der Waals surface area contributed by atoms with Gasteiger partial charge < -0.3 is 0 Å². The summed E-state index contributed by atoms with van der Waals surface area (Å²) in [4.78, 5) is 5.30. The quantitative estimate of drug-likeness (QED) is 0.138. The zero-order chi connectivity index (χ0) is 45.9. The van der Waals surface area contributed by atoms with Gasteiger partial charge in [-0.1, -0.05) is 162 Å². The minimum absolute atomic E-state index is 0. The fraction of sp³-hybridized carbons (Fsp3) is 0.0597. The van der Waals surface area contributed by atoms with Crippen LogP contribution < -0.4 is 0 Å². The number of hydrogen-bond donors (Lipinski definition) is 0. The van der Waals surface area contributed by atoms with Crippen molar-refractivity contribution in [1.29, 1.82) is 0 Å². The normalized spacial score (nSPS) is 11.4. The number of benzene rings is 10. The molecule has 1 aliphatic carbocycles. The molecule has 331 valence electrons. The van der Waals surface area contributed by atoms with Gasteiger partial charge in [-0.15, -0.1) is 35.4 Å². The van der Waals surface area contributed by atoms with Crippen LogP contribution in [0.4, 0.5) is 0 Å². The van der Waals surface area contributed by atoms with Gasteiger partial charge in [0.15, 0.2) is 0 Å². The molecule has 0 saturated carbocycles. The summed E-state index contributed by atoms with van der Waals surface area (Å²) in [6, 6.07) is 84.5. The van der Waals surface area contributed by atoms with E-state index in [0.29, 0.717) is 0 Å². The van der Waals surface area contributed by atoms with Crippen molar-refractivity contribution >= 4 is 10.9 Å². The number of pyridine rings is 1. The smallest absolute Gasteiger partial charge is 0.0607 e. The summed E-state index contributed by atoms with van der Waals surface area (Å²) >= 11 is 0. The van der Waals surface area contributed by atoms with E-state index in [2.05, 4.69) is 252 Å². The molecular weight excluding hydrogens is 1010 g/mol. The van der Waals surface area contributed by atoms with Crippen LogP contribution in [0, 0.1) is 33.8 Å². The molecule has 0 unspecified atom stereocenters. The second-order valence-corrected chi connectivity index (χ2v) is 18.7. The Morgan fingerprint density at radius 1 is 0.290 bits per heavy atom. The summed E-state index contributed by atoms with van der Waals surface area (Å²) in [7, 11) is 0. The maximum absolute atomic E-state index is 5.30. The van der Waals surface area contributed by atoms with Gasteiger partial charge in [-0.05, 0) is 189 Å². The molecule has 0 bridgehead atoms. The van der Waals surface area contributed by atoms with Gasteiger partial charge in [0, 0.05) is 25.5 Å². The summed E-state index contributed by atoms with van der Waals surface area (Å²) in [5.74, 6) is 0. The molecule has 0 spiro atoms. The van der Waals surface area contributed by atoms with Gasteiger partial charge in [0.25, 0.3) is 0 Å². The van der Waals surface area contributed by atoms with Crippen LogP contribution in [0.1, 0.15) is 22.3 Å². The van der Waals surface area contributed by atoms with Crippen molar-refractivity contribution in [2.24, 2.45) is 0 Å². The van der Waals surface area contributed by atoms with Crippen LogP contribution in [0.3, 0.4) is 0 Å². The third-order valence-corrected chi connectivity index (χ3v) is 13.8. The first-order valence-corrected chi connectivity index (χ1v) is 23.6. The van der Waals surface area contributed by atoms with Crippen LogP contribution >= 0.6 is 0 Å². The first kappa shape index (κ1) is 43.8. The molecule has 1 radical (unpaired) electrons. The van der Waals surface area contributed by atoms with E-state index in [9.17, 15) is 0 Å². The van der Waals surface area contributed by atoms with E-state index >= 15 is 0 Å². The Kier molecular flexibility index (Phi) is 11.5. The van der Waals surface area contributed by atoms with E-state index in [1.807, 2.05) is 0 Å². The molecule has 0 amide bonds. The van der Waals surface area contributed by atoms with Crippen molar-refractivity contribution in [2.45, 2.75) is 27.7 Å². The van der Waals surface area contributed by atoms with Crippen molar-refractivity contribution < 1.29 is 20.1 Å². The second kappa shape index (κ2) is 18.1. The molecular formula is C67H48IrN-. The Morgan fingerprint density at radius 3 is 1.04 bits per heavy atom. The molecule has 1 aliphatic rings. The average molecular weight is 1060 g/mol. The molecule has 0 atom stereocenters. The number of hydrogen-bond acceptors (Lipinski definition) is 1. The van der Waals surface area contributed by atoms with Crippen molar-refractivity contribution in [1.82, 2.24) is 4.98 Å². The Morgan fingerprint density at radius 2 is 0.638 bits per heavy atom. The van der Waals surface area contributed by atoms with Gasteiger partial charge in [0.2, 0.25) is 0 Å². The van der Waals surface area contributed by atoms with Gasteiger partial charge in [0.05, 0.1) is 5.52 Å². The zero-order valence-electron chi connectivity index (χ0n) is 39.1. The molecule has 11 aromatic rings. The van der Waals surface area contributed by atoms with E-state index in [1.165, 1.54) is 94.4 Å². The van der Waals surface area contributed by atoms with E-state index < -0.39 is 0 Å². The van der Waals surface area contributed by atoms with Crippen molar-refractivity contribution in [3.05, 3.63) is 247 Å². The summed E-state index contributed by atoms with van der Waals surface area (Å²) < 4.78 is 0. The van der Waals surface area contributed by atoms with Crippen LogP contribution in [0.2, 0.25) is 0 Å². The van der Waals surface area contributed by atoms with Crippen LogP contribution in [-0.2, 0) is 20.1 Å². The third-order valence-electron chi connectivity index (χ3n) is 13.8. The molecule has 2 heteroatoms. The monoisotopic (exact) mass is 1060 g/mol. The Labute approximate surface area is 419 Å². The minimum Gasteiger partial charge on any atom is -0.296 e. The predicted molar refractivity (Wildman–Crippen MR) is 287 cm³/mol. The van der Waals surface area contributed by atoms with Crippen LogP contribution in [0.5, 0.6) is 0 Å². The van der Waals surface area contributed by atoms with Gasteiger partial charge in [-0.25, -0.2) is 0 Å². The summed E-state index contributed by atoms with van der Waals surface area (Å²) in [6.07, 6.45) is 0. The molecule has 10 aromatic carbocycles. The summed E-state index contributed by atoms with van der Waals surface area (Å²) in [5.41, 5.74) is 29.2. The van der Waals surface area contributed by atoms with Crippen LogP contribution in [0.25, 0.3) is 122 Å². The molecule has 1 aromatic heterocycles. The zero-order valence-corrected chi connectivity index (χ0v) is 41.5. The molecule has 1 heterocycles. The van der Waals surface area contributed by atoms with Crippen LogP contribution in [0.15, 0.2) is 218 Å². The minimum atomic E-state index is 0. The number of rotatable bonds is 8. The van der Waals surface area contributed by atoms with Gasteiger partial charge in [0.1, 0.15) is 0 Å². The molecule has 69 heavy (non-hydrogen) atoms. The fourth-order valence-corrected chi connectivity index (χ4v) is 9.98. The summed E-state index contributed by atoms with van der Waals surface area (Å²) in [5, 5.41) is 1.22. The molecule has 0 fully saturated rings. The van der Waals surface area contributed by atoms with Crippen molar-refractivity contribution in [3.63, 3.8) is 0 Å². The van der Waals surface area contributed by atoms with Gasteiger partial charge in [-0.2, -0.15) is 0 Å². The first-order chi connectivity index (χ1) is 33.3. The standard InChI is InChI=1S/C67H48N.Ir/c1-42-15-23-46(24-16-42)52-32-53(47-25-17-43(2)18-26-47)35-57(34-52)59-38-56(39-60(40-59)58-36-54(48-27-19-44(3)20-28-48)33-55(37-58)49-29-21-45(4)22-30-49)50-9-7-10-51(31-50)66-41-64-62-12-6-5-11-61(62)63-13-8-14-65(68-66)67(63)64;/h5-9,11-41H,1-4H3;/q-1;. The van der Waals surface area contributed by atoms with Crippen molar-refractivity contribution in [2.75, 3.05) is 0 Å².